The average Bonchev–Trinajstić information content (AvgIpc) is 3.03. The van der Waals surface area contributed by atoms with Crippen LogP contribution in [0.1, 0.15) is 66.6 Å². The number of alkyl carbamates (subject to hydrolysis) is 1. The largest absolute Gasteiger partial charge is 0.453 e. The van der Waals surface area contributed by atoms with Crippen molar-refractivity contribution < 1.29 is 14.3 Å². The van der Waals surface area contributed by atoms with Gasteiger partial charge in [0.15, 0.2) is 0 Å². The summed E-state index contributed by atoms with van der Waals surface area (Å²) in [6.07, 6.45) is 4.05. The van der Waals surface area contributed by atoms with Crippen LogP contribution in [0.15, 0.2) is 66.7 Å². The highest BCUT2D eigenvalue weighted by atomic mass is 35.5. The lowest BCUT2D eigenvalue weighted by Gasteiger charge is -2.45. The zero-order valence-electron chi connectivity index (χ0n) is 25.3. The van der Waals surface area contributed by atoms with E-state index in [1.807, 2.05) is 48.3 Å². The second-order valence-electron chi connectivity index (χ2n) is 11.5. The Labute approximate surface area is 255 Å². The van der Waals surface area contributed by atoms with Gasteiger partial charge < -0.3 is 20.3 Å². The summed E-state index contributed by atoms with van der Waals surface area (Å²) in [7, 11) is 3.30. The molecule has 7 heteroatoms. The lowest BCUT2D eigenvalue weighted by Crippen LogP contribution is -2.47. The fourth-order valence-corrected chi connectivity index (χ4v) is 6.63. The van der Waals surface area contributed by atoms with E-state index in [1.54, 1.807) is 0 Å². The van der Waals surface area contributed by atoms with Crippen molar-refractivity contribution in [2.45, 2.75) is 57.9 Å². The smallest absolute Gasteiger partial charge is 0.406 e. The molecule has 1 aliphatic heterocycles. The van der Waals surface area contributed by atoms with E-state index < -0.39 is 6.09 Å². The molecule has 0 saturated carbocycles. The molecule has 2 atom stereocenters. The van der Waals surface area contributed by atoms with Crippen molar-refractivity contribution in [2.24, 2.45) is 5.92 Å². The van der Waals surface area contributed by atoms with Gasteiger partial charge in [0, 0.05) is 42.3 Å². The van der Waals surface area contributed by atoms with Crippen molar-refractivity contribution >= 4 is 23.6 Å². The molecule has 1 aliphatic rings. The van der Waals surface area contributed by atoms with Crippen LogP contribution in [0.25, 0.3) is 11.1 Å². The number of likely N-dealkylation sites (tertiary alicyclic amines) is 1. The molecule has 2 N–H and O–H groups in total. The van der Waals surface area contributed by atoms with Gasteiger partial charge in [0.1, 0.15) is 0 Å². The van der Waals surface area contributed by atoms with Gasteiger partial charge in [-0.3, -0.25) is 4.79 Å². The van der Waals surface area contributed by atoms with Gasteiger partial charge in [0.2, 0.25) is 0 Å². The average molecular weight is 590 g/mol. The number of hydrogen-bond acceptors (Lipinski definition) is 4. The van der Waals surface area contributed by atoms with Crippen LogP contribution in [0.2, 0.25) is 5.02 Å². The van der Waals surface area contributed by atoms with Gasteiger partial charge in [-0.15, -0.1) is 0 Å². The minimum atomic E-state index is -0.424. The van der Waals surface area contributed by atoms with Crippen LogP contribution >= 0.6 is 11.6 Å². The summed E-state index contributed by atoms with van der Waals surface area (Å²) < 4.78 is 4.79. The zero-order chi connectivity index (χ0) is 30.1. The van der Waals surface area contributed by atoms with Crippen LogP contribution in [0.5, 0.6) is 0 Å². The van der Waals surface area contributed by atoms with Crippen LogP contribution in [-0.2, 0) is 23.1 Å². The predicted octanol–water partition coefficient (Wildman–Crippen LogP) is 7.24. The Morgan fingerprint density at radius 2 is 1.83 bits per heavy atom. The summed E-state index contributed by atoms with van der Waals surface area (Å²) in [4.78, 5) is 27.5. The van der Waals surface area contributed by atoms with Crippen molar-refractivity contribution in [1.29, 1.82) is 0 Å². The number of ether oxygens (including phenoxy) is 1. The van der Waals surface area contributed by atoms with Gasteiger partial charge in [-0.05, 0) is 90.9 Å². The second kappa shape index (κ2) is 14.7. The third-order valence-electron chi connectivity index (χ3n) is 8.77. The number of benzene rings is 3. The molecule has 2 amide bonds. The minimum absolute atomic E-state index is 0.0763. The normalized spacial score (nSPS) is 16.5. The van der Waals surface area contributed by atoms with Crippen LogP contribution in [0.3, 0.4) is 0 Å². The van der Waals surface area contributed by atoms with E-state index in [4.69, 9.17) is 16.3 Å². The monoisotopic (exact) mass is 589 g/mol. The molecule has 42 heavy (non-hydrogen) atoms. The molecule has 0 aliphatic carbocycles. The molecule has 1 saturated heterocycles. The van der Waals surface area contributed by atoms with Crippen LogP contribution in [-0.4, -0.2) is 50.7 Å². The molecule has 1 heterocycles. The van der Waals surface area contributed by atoms with Gasteiger partial charge >= 0.3 is 6.09 Å². The Hall–Kier alpha value is -3.35. The van der Waals surface area contributed by atoms with E-state index in [1.165, 1.54) is 18.2 Å². The molecule has 0 radical (unpaired) electrons. The van der Waals surface area contributed by atoms with Gasteiger partial charge in [-0.1, -0.05) is 74.0 Å². The van der Waals surface area contributed by atoms with Gasteiger partial charge in [0.05, 0.1) is 7.11 Å². The topological polar surface area (TPSA) is 70.7 Å². The Morgan fingerprint density at radius 3 is 2.55 bits per heavy atom. The Kier molecular flexibility index (Phi) is 11.1. The fourth-order valence-electron chi connectivity index (χ4n) is 6.35. The summed E-state index contributed by atoms with van der Waals surface area (Å²) in [6.45, 7) is 7.17. The number of carbonyl (C=O) groups excluding carboxylic acids is 2. The molecule has 0 aromatic heterocycles. The summed E-state index contributed by atoms with van der Waals surface area (Å²) in [5.74, 6) is 0.288. The number of nitrogens with zero attached hydrogens (tertiary/aromatic N) is 1. The number of methoxy groups -OCH3 is 1. The molecule has 2 unspecified atom stereocenters. The van der Waals surface area contributed by atoms with E-state index in [9.17, 15) is 9.59 Å². The second-order valence-corrected chi connectivity index (χ2v) is 11.9. The standard InChI is InChI=1S/C35H44ClN3O3/c1-5-25-10-6-11-28(22-25)32-30(13-7-14-31(32)36)35(2,19-9-20-38-34(41)42-4)29-12-8-21-39(24-29)33(40)27-17-15-26(16-18-27)23-37-3/h6-7,10-11,13-18,22,29,37H,5,8-9,12,19-21,23-24H2,1-4H3,(H,38,41). The van der Waals surface area contributed by atoms with E-state index in [0.717, 1.165) is 72.5 Å². The van der Waals surface area contributed by atoms with Crippen molar-refractivity contribution in [1.82, 2.24) is 15.5 Å². The highest BCUT2D eigenvalue weighted by Gasteiger charge is 2.41. The fraction of sp³-hybridized carbons (Fsp3) is 0.429. The van der Waals surface area contributed by atoms with Crippen molar-refractivity contribution in [3.8, 4) is 11.1 Å². The van der Waals surface area contributed by atoms with E-state index >= 15 is 0 Å². The number of nitrogens with one attached hydrogen (secondary N) is 2. The third-order valence-corrected chi connectivity index (χ3v) is 9.09. The summed E-state index contributed by atoms with van der Waals surface area (Å²) >= 11 is 6.98. The third kappa shape index (κ3) is 7.34. The number of hydrogen-bond donors (Lipinski definition) is 2. The Balaban J connectivity index is 1.69. The maximum Gasteiger partial charge on any atom is 0.406 e. The number of aryl methyl sites for hydroxylation is 1. The minimum Gasteiger partial charge on any atom is -0.453 e. The van der Waals surface area contributed by atoms with E-state index in [0.29, 0.717) is 13.1 Å². The zero-order valence-corrected chi connectivity index (χ0v) is 26.1. The van der Waals surface area contributed by atoms with Gasteiger partial charge in [0.25, 0.3) is 5.91 Å². The molecule has 4 rings (SSSR count). The first-order chi connectivity index (χ1) is 20.3. The molecule has 1 fully saturated rings. The highest BCUT2D eigenvalue weighted by molar-refractivity contribution is 6.33. The summed E-state index contributed by atoms with van der Waals surface area (Å²) in [5, 5.41) is 6.72. The number of carbonyl (C=O) groups is 2. The van der Waals surface area contributed by atoms with Crippen LogP contribution in [0.4, 0.5) is 4.79 Å². The first-order valence-corrected chi connectivity index (χ1v) is 15.4. The van der Waals surface area contributed by atoms with Crippen LogP contribution < -0.4 is 10.6 Å². The quantitative estimate of drug-likeness (QED) is 0.231. The first-order valence-electron chi connectivity index (χ1n) is 15.0. The molecular formula is C35H44ClN3O3. The van der Waals surface area contributed by atoms with Crippen molar-refractivity contribution in [3.05, 3.63) is 94.0 Å². The molecule has 3 aromatic rings. The van der Waals surface area contributed by atoms with E-state index in [2.05, 4.69) is 54.8 Å². The molecule has 3 aromatic carbocycles. The first kappa shape index (κ1) is 31.6. The lowest BCUT2D eigenvalue weighted by atomic mass is 9.64. The maximum atomic E-state index is 13.7. The molecule has 224 valence electrons. The Bertz CT molecular complexity index is 1360. The van der Waals surface area contributed by atoms with E-state index in [-0.39, 0.29) is 17.2 Å². The highest BCUT2D eigenvalue weighted by Crippen LogP contribution is 2.47. The SMILES string of the molecule is CCc1cccc(-c2c(Cl)cccc2C(C)(CCCNC(=O)OC)C2CCCN(C(=O)c3ccc(CNC)cc3)C2)c1. The lowest BCUT2D eigenvalue weighted by molar-refractivity contribution is 0.0596. The summed E-state index contributed by atoms with van der Waals surface area (Å²) in [5.41, 5.74) is 6.20. The number of rotatable bonds is 11. The van der Waals surface area contributed by atoms with Crippen molar-refractivity contribution in [2.75, 3.05) is 33.8 Å². The van der Waals surface area contributed by atoms with Gasteiger partial charge in [-0.2, -0.15) is 0 Å². The summed E-state index contributed by atoms with van der Waals surface area (Å²) in [6, 6.07) is 22.7. The number of halogens is 1. The molecule has 0 spiro atoms. The van der Waals surface area contributed by atoms with Crippen molar-refractivity contribution in [3.63, 3.8) is 0 Å². The molecule has 0 bridgehead atoms. The molecule has 6 nitrogen and oxygen atoms in total. The Morgan fingerprint density at radius 1 is 1.07 bits per heavy atom. The number of amides is 2. The maximum absolute atomic E-state index is 13.7. The van der Waals surface area contributed by atoms with Crippen LogP contribution in [0, 0.1) is 5.92 Å². The molecular weight excluding hydrogens is 546 g/mol. The van der Waals surface area contributed by atoms with Gasteiger partial charge in [-0.25, -0.2) is 4.79 Å². The predicted molar refractivity (Wildman–Crippen MR) is 171 cm³/mol. The number of piperidine rings is 1.